The lowest BCUT2D eigenvalue weighted by atomic mass is 10.3. The van der Waals surface area contributed by atoms with Crippen molar-refractivity contribution in [1.82, 2.24) is 15.1 Å². The highest BCUT2D eigenvalue weighted by Crippen LogP contribution is 2.21. The fraction of sp³-hybridized carbons (Fsp3) is 0.692. The summed E-state index contributed by atoms with van der Waals surface area (Å²) in [7, 11) is 0. The number of carbonyl (C=O) groups is 1. The summed E-state index contributed by atoms with van der Waals surface area (Å²) in [4.78, 5) is 12.1. The van der Waals surface area contributed by atoms with Crippen LogP contribution in [0.25, 0.3) is 0 Å². The van der Waals surface area contributed by atoms with Crippen LogP contribution >= 0.6 is 0 Å². The molecule has 1 saturated heterocycles. The molecule has 0 spiro atoms. The van der Waals surface area contributed by atoms with E-state index in [4.69, 9.17) is 9.47 Å². The highest BCUT2D eigenvalue weighted by molar-refractivity contribution is 5.92. The van der Waals surface area contributed by atoms with Crippen molar-refractivity contribution in [1.29, 1.82) is 0 Å². The summed E-state index contributed by atoms with van der Waals surface area (Å²) in [6.45, 7) is 9.18. The number of aryl methyl sites for hydroxylation is 2. The predicted molar refractivity (Wildman–Crippen MR) is 69.9 cm³/mol. The van der Waals surface area contributed by atoms with Crippen molar-refractivity contribution >= 4 is 5.91 Å². The molecule has 1 aromatic rings. The summed E-state index contributed by atoms with van der Waals surface area (Å²) < 4.78 is 12.8. The number of nitrogens with one attached hydrogen (secondary N) is 1. The van der Waals surface area contributed by atoms with Gasteiger partial charge in [-0.05, 0) is 33.8 Å². The van der Waals surface area contributed by atoms with Crippen LogP contribution in [-0.4, -0.2) is 40.7 Å². The van der Waals surface area contributed by atoms with E-state index in [1.165, 1.54) is 0 Å². The minimum atomic E-state index is -0.558. The Morgan fingerprint density at radius 3 is 2.95 bits per heavy atom. The Hall–Kier alpha value is -1.40. The van der Waals surface area contributed by atoms with Gasteiger partial charge >= 0.3 is 0 Å². The third-order valence-corrected chi connectivity index (χ3v) is 2.99. The maximum Gasteiger partial charge on any atom is 0.269 e. The van der Waals surface area contributed by atoms with Gasteiger partial charge < -0.3 is 14.8 Å². The minimum absolute atomic E-state index is 0.0990. The van der Waals surface area contributed by atoms with Gasteiger partial charge in [-0.3, -0.25) is 9.48 Å². The quantitative estimate of drug-likeness (QED) is 0.887. The number of hydrogen-bond donors (Lipinski definition) is 1. The maximum atomic E-state index is 12.1. The summed E-state index contributed by atoms with van der Waals surface area (Å²) in [5, 5.41) is 7.11. The molecule has 1 N–H and O–H groups in total. The zero-order chi connectivity index (χ0) is 14.0. The van der Waals surface area contributed by atoms with E-state index in [1.807, 2.05) is 27.7 Å². The van der Waals surface area contributed by atoms with Gasteiger partial charge in [0, 0.05) is 13.1 Å². The van der Waals surface area contributed by atoms with Crippen LogP contribution in [0.2, 0.25) is 0 Å². The summed E-state index contributed by atoms with van der Waals surface area (Å²) >= 11 is 0. The van der Waals surface area contributed by atoms with Gasteiger partial charge in [0.2, 0.25) is 0 Å². The fourth-order valence-corrected chi connectivity index (χ4v) is 2.13. The van der Waals surface area contributed by atoms with Crippen LogP contribution in [0.4, 0.5) is 0 Å². The Morgan fingerprint density at radius 1 is 1.63 bits per heavy atom. The first-order valence-electron chi connectivity index (χ1n) is 6.55. The zero-order valence-corrected chi connectivity index (χ0v) is 11.9. The van der Waals surface area contributed by atoms with E-state index in [2.05, 4.69) is 10.4 Å². The molecular formula is C13H21N3O3. The fourth-order valence-electron chi connectivity index (χ4n) is 2.13. The lowest BCUT2D eigenvalue weighted by Gasteiger charge is -2.17. The summed E-state index contributed by atoms with van der Waals surface area (Å²) in [5.74, 6) is -0.687. The van der Waals surface area contributed by atoms with E-state index in [1.54, 1.807) is 10.7 Å². The Bertz CT molecular complexity index is 468. The number of hydrogen-bond acceptors (Lipinski definition) is 4. The number of carbonyl (C=O) groups excluding carboxylic acids is 1. The molecule has 0 aromatic carbocycles. The SMILES string of the molecule is CCn1nc(C)cc1C(=O)NCC1COC(C)(C)O1. The summed E-state index contributed by atoms with van der Waals surface area (Å²) in [6.07, 6.45) is -0.0990. The van der Waals surface area contributed by atoms with Crippen LogP contribution in [0.3, 0.4) is 0 Å². The molecule has 6 nitrogen and oxygen atoms in total. The molecule has 2 heterocycles. The van der Waals surface area contributed by atoms with E-state index >= 15 is 0 Å². The van der Waals surface area contributed by atoms with Gasteiger partial charge in [0.1, 0.15) is 11.8 Å². The Kier molecular flexibility index (Phi) is 3.91. The molecule has 1 aliphatic heterocycles. The molecular weight excluding hydrogens is 246 g/mol. The van der Waals surface area contributed by atoms with Gasteiger partial charge in [-0.2, -0.15) is 5.10 Å². The summed E-state index contributed by atoms with van der Waals surface area (Å²) in [5.41, 5.74) is 1.42. The Balaban J connectivity index is 1.91. The van der Waals surface area contributed by atoms with E-state index < -0.39 is 5.79 Å². The van der Waals surface area contributed by atoms with Gasteiger partial charge in [0.15, 0.2) is 5.79 Å². The molecule has 2 rings (SSSR count). The van der Waals surface area contributed by atoms with Crippen molar-refractivity contribution in [3.8, 4) is 0 Å². The van der Waals surface area contributed by atoms with Crippen molar-refractivity contribution in [2.24, 2.45) is 0 Å². The number of amides is 1. The smallest absolute Gasteiger partial charge is 0.269 e. The Labute approximate surface area is 113 Å². The van der Waals surface area contributed by atoms with Gasteiger partial charge in [0.25, 0.3) is 5.91 Å². The van der Waals surface area contributed by atoms with Crippen molar-refractivity contribution in [3.63, 3.8) is 0 Å². The average molecular weight is 267 g/mol. The Morgan fingerprint density at radius 2 is 2.37 bits per heavy atom. The average Bonchev–Trinajstić information content (AvgIpc) is 2.89. The van der Waals surface area contributed by atoms with Crippen molar-refractivity contribution in [2.75, 3.05) is 13.2 Å². The second-order valence-electron chi connectivity index (χ2n) is 5.15. The molecule has 1 unspecified atom stereocenters. The summed E-state index contributed by atoms with van der Waals surface area (Å²) in [6, 6.07) is 1.79. The first kappa shape index (κ1) is 14.0. The van der Waals surface area contributed by atoms with E-state index in [0.717, 1.165) is 5.69 Å². The molecule has 0 radical (unpaired) electrons. The first-order chi connectivity index (χ1) is 8.91. The molecule has 0 saturated carbocycles. The van der Waals surface area contributed by atoms with Crippen LogP contribution < -0.4 is 5.32 Å². The predicted octanol–water partition coefficient (Wildman–Crippen LogP) is 1.09. The third kappa shape index (κ3) is 3.33. The van der Waals surface area contributed by atoms with Gasteiger partial charge in [-0.25, -0.2) is 0 Å². The molecule has 19 heavy (non-hydrogen) atoms. The zero-order valence-electron chi connectivity index (χ0n) is 11.9. The number of nitrogens with zero attached hydrogens (tertiary/aromatic N) is 2. The number of rotatable bonds is 4. The molecule has 1 fully saturated rings. The minimum Gasteiger partial charge on any atom is -0.348 e. The normalized spacial score (nSPS) is 21.6. The van der Waals surface area contributed by atoms with Gasteiger partial charge in [-0.15, -0.1) is 0 Å². The molecule has 6 heteroatoms. The molecule has 1 atom stereocenters. The lowest BCUT2D eigenvalue weighted by Crippen LogP contribution is -2.35. The van der Waals surface area contributed by atoms with Crippen LogP contribution in [0.5, 0.6) is 0 Å². The number of aromatic nitrogens is 2. The second kappa shape index (κ2) is 5.30. The number of ether oxygens (including phenoxy) is 2. The molecule has 1 aromatic heterocycles. The molecule has 1 aliphatic rings. The molecule has 0 aliphatic carbocycles. The highest BCUT2D eigenvalue weighted by Gasteiger charge is 2.32. The second-order valence-corrected chi connectivity index (χ2v) is 5.15. The maximum absolute atomic E-state index is 12.1. The molecule has 1 amide bonds. The van der Waals surface area contributed by atoms with Crippen molar-refractivity contribution in [3.05, 3.63) is 17.5 Å². The van der Waals surface area contributed by atoms with Gasteiger partial charge in [0.05, 0.1) is 12.3 Å². The van der Waals surface area contributed by atoms with Crippen LogP contribution in [-0.2, 0) is 16.0 Å². The van der Waals surface area contributed by atoms with E-state index in [0.29, 0.717) is 25.4 Å². The van der Waals surface area contributed by atoms with Crippen molar-refractivity contribution < 1.29 is 14.3 Å². The van der Waals surface area contributed by atoms with Crippen LogP contribution in [0.1, 0.15) is 37.0 Å². The topological polar surface area (TPSA) is 65.4 Å². The van der Waals surface area contributed by atoms with Gasteiger partial charge in [-0.1, -0.05) is 0 Å². The van der Waals surface area contributed by atoms with Crippen molar-refractivity contribution in [2.45, 2.75) is 46.1 Å². The lowest BCUT2D eigenvalue weighted by molar-refractivity contribution is -0.137. The van der Waals surface area contributed by atoms with Crippen LogP contribution in [0, 0.1) is 6.92 Å². The monoisotopic (exact) mass is 267 g/mol. The first-order valence-corrected chi connectivity index (χ1v) is 6.55. The van der Waals surface area contributed by atoms with E-state index in [-0.39, 0.29) is 12.0 Å². The van der Waals surface area contributed by atoms with Crippen LogP contribution in [0.15, 0.2) is 6.07 Å². The molecule has 106 valence electrons. The standard InChI is InChI=1S/C13H21N3O3/c1-5-16-11(6-9(2)15-16)12(17)14-7-10-8-18-13(3,4)19-10/h6,10H,5,7-8H2,1-4H3,(H,14,17). The third-order valence-electron chi connectivity index (χ3n) is 2.99. The van der Waals surface area contributed by atoms with E-state index in [9.17, 15) is 4.79 Å². The highest BCUT2D eigenvalue weighted by atomic mass is 16.7. The molecule has 0 bridgehead atoms. The largest absolute Gasteiger partial charge is 0.348 e.